The van der Waals surface area contributed by atoms with Crippen molar-refractivity contribution in [2.24, 2.45) is 5.92 Å². The minimum atomic E-state index is -1.37. The van der Waals surface area contributed by atoms with Crippen molar-refractivity contribution in [1.29, 1.82) is 0 Å². The molecule has 2 N–H and O–H groups in total. The minimum absolute atomic E-state index is 0.254. The molecule has 1 aliphatic rings. The van der Waals surface area contributed by atoms with E-state index in [0.717, 1.165) is 0 Å². The monoisotopic (exact) mass is 277 g/mol. The molecule has 1 aliphatic heterocycles. The Labute approximate surface area is 117 Å². The first kappa shape index (κ1) is 14.5. The summed E-state index contributed by atoms with van der Waals surface area (Å²) in [4.78, 5) is 24.0. The van der Waals surface area contributed by atoms with Crippen LogP contribution in [0.2, 0.25) is 0 Å². The molecule has 108 valence electrons. The SMILES string of the molecule is CC[C@@](NC(=O)[C@H]1CCOC1)(C(=O)O)c1ccccc1. The largest absolute Gasteiger partial charge is 0.479 e. The van der Waals surface area contributed by atoms with Crippen LogP contribution in [0.15, 0.2) is 30.3 Å². The number of hydrogen-bond acceptors (Lipinski definition) is 3. The lowest BCUT2D eigenvalue weighted by atomic mass is 9.86. The molecule has 0 aromatic heterocycles. The van der Waals surface area contributed by atoms with Gasteiger partial charge in [0.1, 0.15) is 0 Å². The van der Waals surface area contributed by atoms with E-state index in [2.05, 4.69) is 5.32 Å². The van der Waals surface area contributed by atoms with Crippen molar-refractivity contribution in [3.63, 3.8) is 0 Å². The van der Waals surface area contributed by atoms with Gasteiger partial charge in [-0.15, -0.1) is 0 Å². The highest BCUT2D eigenvalue weighted by Crippen LogP contribution is 2.27. The maximum atomic E-state index is 12.2. The zero-order valence-corrected chi connectivity index (χ0v) is 11.5. The third-order valence-corrected chi connectivity index (χ3v) is 3.80. The zero-order valence-electron chi connectivity index (χ0n) is 11.5. The fraction of sp³-hybridized carbons (Fsp3) is 0.467. The van der Waals surface area contributed by atoms with Crippen molar-refractivity contribution in [3.05, 3.63) is 35.9 Å². The van der Waals surface area contributed by atoms with Crippen LogP contribution in [0.1, 0.15) is 25.3 Å². The van der Waals surface area contributed by atoms with Crippen LogP contribution in [0.5, 0.6) is 0 Å². The van der Waals surface area contributed by atoms with Crippen LogP contribution >= 0.6 is 0 Å². The molecule has 1 heterocycles. The standard InChI is InChI=1S/C15H19NO4/c1-2-15(14(18)19,12-6-4-3-5-7-12)16-13(17)11-8-9-20-10-11/h3-7,11H,2,8-10H2,1H3,(H,16,17)(H,18,19)/t11-,15-/m0/s1. The van der Waals surface area contributed by atoms with Crippen molar-refractivity contribution >= 4 is 11.9 Å². The molecule has 1 saturated heterocycles. The van der Waals surface area contributed by atoms with Gasteiger partial charge in [-0.2, -0.15) is 0 Å². The molecule has 5 heteroatoms. The van der Waals surface area contributed by atoms with Crippen molar-refractivity contribution in [2.75, 3.05) is 13.2 Å². The molecular weight excluding hydrogens is 258 g/mol. The van der Waals surface area contributed by atoms with Crippen molar-refractivity contribution in [1.82, 2.24) is 5.32 Å². The second-order valence-electron chi connectivity index (χ2n) is 4.98. The third-order valence-electron chi connectivity index (χ3n) is 3.80. The predicted molar refractivity (Wildman–Crippen MR) is 73.1 cm³/mol. The number of rotatable bonds is 5. The van der Waals surface area contributed by atoms with E-state index >= 15 is 0 Å². The summed E-state index contributed by atoms with van der Waals surface area (Å²) in [6.07, 6.45) is 0.922. The van der Waals surface area contributed by atoms with Gasteiger partial charge in [0, 0.05) is 6.61 Å². The van der Waals surface area contributed by atoms with E-state index in [1.54, 1.807) is 31.2 Å². The normalized spacial score (nSPS) is 21.1. The summed E-state index contributed by atoms with van der Waals surface area (Å²) in [6, 6.07) is 8.81. The molecule has 0 saturated carbocycles. The highest BCUT2D eigenvalue weighted by Gasteiger charge is 2.41. The number of benzene rings is 1. The van der Waals surface area contributed by atoms with E-state index in [1.165, 1.54) is 0 Å². The van der Waals surface area contributed by atoms with Crippen LogP contribution in [-0.4, -0.2) is 30.2 Å². The highest BCUT2D eigenvalue weighted by molar-refractivity contribution is 5.89. The molecule has 20 heavy (non-hydrogen) atoms. The van der Waals surface area contributed by atoms with Crippen LogP contribution in [0.25, 0.3) is 0 Å². The van der Waals surface area contributed by atoms with E-state index in [9.17, 15) is 14.7 Å². The van der Waals surface area contributed by atoms with Gasteiger partial charge in [0.2, 0.25) is 5.91 Å². The van der Waals surface area contributed by atoms with Crippen LogP contribution in [0.4, 0.5) is 0 Å². The number of carboxylic acids is 1. The van der Waals surface area contributed by atoms with Gasteiger partial charge < -0.3 is 15.2 Å². The molecular formula is C15H19NO4. The lowest BCUT2D eigenvalue weighted by molar-refractivity contribution is -0.149. The smallest absolute Gasteiger partial charge is 0.334 e. The molecule has 5 nitrogen and oxygen atoms in total. The number of aliphatic carboxylic acids is 1. The van der Waals surface area contributed by atoms with Crippen molar-refractivity contribution in [3.8, 4) is 0 Å². The number of ether oxygens (including phenoxy) is 1. The van der Waals surface area contributed by atoms with Gasteiger partial charge in [-0.3, -0.25) is 4.79 Å². The van der Waals surface area contributed by atoms with E-state index in [1.807, 2.05) is 6.07 Å². The first-order chi connectivity index (χ1) is 9.60. The van der Waals surface area contributed by atoms with Gasteiger partial charge in [0.15, 0.2) is 5.54 Å². The summed E-state index contributed by atoms with van der Waals surface area (Å²) in [5, 5.41) is 12.3. The first-order valence-corrected chi connectivity index (χ1v) is 6.79. The lowest BCUT2D eigenvalue weighted by Crippen LogP contribution is -2.53. The van der Waals surface area contributed by atoms with Crippen molar-refractivity contribution < 1.29 is 19.4 Å². The van der Waals surface area contributed by atoms with Crippen LogP contribution in [-0.2, 0) is 19.9 Å². The summed E-state index contributed by atoms with van der Waals surface area (Å²) in [5.74, 6) is -1.56. The number of carbonyl (C=O) groups excluding carboxylic acids is 1. The van der Waals surface area contributed by atoms with Gasteiger partial charge in [0.25, 0.3) is 0 Å². The average Bonchev–Trinajstić information content (AvgIpc) is 2.99. The molecule has 1 amide bonds. The average molecular weight is 277 g/mol. The first-order valence-electron chi connectivity index (χ1n) is 6.79. The molecule has 2 atom stereocenters. The lowest BCUT2D eigenvalue weighted by Gasteiger charge is -2.31. The van der Waals surface area contributed by atoms with Crippen molar-refractivity contribution in [2.45, 2.75) is 25.3 Å². The van der Waals surface area contributed by atoms with E-state index < -0.39 is 11.5 Å². The molecule has 0 bridgehead atoms. The summed E-state index contributed by atoms with van der Waals surface area (Å²) in [7, 11) is 0. The summed E-state index contributed by atoms with van der Waals surface area (Å²) < 4.78 is 5.18. The van der Waals surface area contributed by atoms with Gasteiger partial charge in [-0.05, 0) is 18.4 Å². The van der Waals surface area contributed by atoms with Crippen LogP contribution in [0.3, 0.4) is 0 Å². The summed E-state index contributed by atoms with van der Waals surface area (Å²) >= 11 is 0. The zero-order chi connectivity index (χ0) is 14.6. The Morgan fingerprint density at radius 2 is 2.10 bits per heavy atom. The molecule has 1 aromatic rings. The van der Waals surface area contributed by atoms with Gasteiger partial charge in [-0.25, -0.2) is 4.79 Å². The number of amides is 1. The summed E-state index contributed by atoms with van der Waals surface area (Å²) in [5.41, 5.74) is -0.789. The quantitative estimate of drug-likeness (QED) is 0.855. The Morgan fingerprint density at radius 3 is 2.60 bits per heavy atom. The number of nitrogens with one attached hydrogen (secondary N) is 1. The second kappa shape index (κ2) is 6.05. The molecule has 2 rings (SSSR count). The maximum Gasteiger partial charge on any atom is 0.334 e. The topological polar surface area (TPSA) is 75.6 Å². The van der Waals surface area contributed by atoms with E-state index in [4.69, 9.17) is 4.74 Å². The molecule has 1 aromatic carbocycles. The van der Waals surface area contributed by atoms with Crippen LogP contribution in [0, 0.1) is 5.92 Å². The van der Waals surface area contributed by atoms with Gasteiger partial charge >= 0.3 is 5.97 Å². The van der Waals surface area contributed by atoms with Gasteiger partial charge in [-0.1, -0.05) is 37.3 Å². The van der Waals surface area contributed by atoms with Crippen LogP contribution < -0.4 is 5.32 Å². The Hall–Kier alpha value is -1.88. The molecule has 0 spiro atoms. The Kier molecular flexibility index (Phi) is 4.39. The second-order valence-corrected chi connectivity index (χ2v) is 4.98. The predicted octanol–water partition coefficient (Wildman–Crippen LogP) is 1.53. The maximum absolute atomic E-state index is 12.2. The Balaban J connectivity index is 2.27. The molecule has 0 radical (unpaired) electrons. The summed E-state index contributed by atoms with van der Waals surface area (Å²) in [6.45, 7) is 2.67. The molecule has 1 fully saturated rings. The highest BCUT2D eigenvalue weighted by atomic mass is 16.5. The number of hydrogen-bond donors (Lipinski definition) is 2. The Morgan fingerprint density at radius 1 is 1.40 bits per heavy atom. The third kappa shape index (κ3) is 2.67. The Bertz CT molecular complexity index is 482. The fourth-order valence-electron chi connectivity index (χ4n) is 2.47. The van der Waals surface area contributed by atoms with Gasteiger partial charge in [0.05, 0.1) is 12.5 Å². The molecule has 0 aliphatic carbocycles. The minimum Gasteiger partial charge on any atom is -0.479 e. The fourth-order valence-corrected chi connectivity index (χ4v) is 2.47. The molecule has 0 unspecified atom stereocenters. The number of carbonyl (C=O) groups is 2. The van der Waals surface area contributed by atoms with E-state index in [-0.39, 0.29) is 18.2 Å². The van der Waals surface area contributed by atoms with E-state index in [0.29, 0.717) is 25.2 Å². The number of carboxylic acid groups (broad SMARTS) is 1.